The predicted molar refractivity (Wildman–Crippen MR) is 90.0 cm³/mol. The number of carbonyl (C=O) groups is 1. The molecule has 0 aliphatic carbocycles. The Kier molecular flexibility index (Phi) is 5.97. The molecule has 7 heteroatoms. The number of rotatable bonds is 6. The lowest BCUT2D eigenvalue weighted by molar-refractivity contribution is -0.124. The van der Waals surface area contributed by atoms with E-state index < -0.39 is 5.54 Å². The summed E-state index contributed by atoms with van der Waals surface area (Å²) in [5, 5.41) is 16.1. The molecule has 0 spiro atoms. The monoisotopic (exact) mass is 333 g/mol. The van der Waals surface area contributed by atoms with Crippen molar-refractivity contribution in [2.45, 2.75) is 39.8 Å². The fourth-order valence-electron chi connectivity index (χ4n) is 2.65. The molecule has 0 aromatic carbocycles. The molecule has 1 saturated heterocycles. The maximum atomic E-state index is 12.2. The zero-order chi connectivity index (χ0) is 17.7. The van der Waals surface area contributed by atoms with E-state index in [1.165, 1.54) is 0 Å². The Morgan fingerprint density at radius 2 is 2.04 bits per heavy atom. The van der Waals surface area contributed by atoms with Crippen LogP contribution in [0.2, 0.25) is 0 Å². The van der Waals surface area contributed by atoms with Crippen LogP contribution >= 0.6 is 0 Å². The van der Waals surface area contributed by atoms with E-state index in [1.807, 2.05) is 26.8 Å². The van der Waals surface area contributed by atoms with Gasteiger partial charge in [-0.05, 0) is 19.8 Å². The van der Waals surface area contributed by atoms with Gasteiger partial charge in [0.05, 0.1) is 24.9 Å². The van der Waals surface area contributed by atoms with Gasteiger partial charge in [-0.1, -0.05) is 19.0 Å². The molecule has 1 fully saturated rings. The summed E-state index contributed by atoms with van der Waals surface area (Å²) < 4.78 is 5.25. The summed E-state index contributed by atoms with van der Waals surface area (Å²) in [6.07, 6.45) is 0. The van der Waals surface area contributed by atoms with Gasteiger partial charge in [-0.15, -0.1) is 0 Å². The van der Waals surface area contributed by atoms with E-state index in [9.17, 15) is 10.1 Å². The third-order valence-electron chi connectivity index (χ3n) is 4.67. The van der Waals surface area contributed by atoms with Crippen molar-refractivity contribution in [3.8, 4) is 6.07 Å². The minimum atomic E-state index is -0.816. The zero-order valence-corrected chi connectivity index (χ0v) is 15.0. The van der Waals surface area contributed by atoms with Gasteiger partial charge < -0.3 is 9.84 Å². The average Bonchev–Trinajstić information content (AvgIpc) is 2.94. The summed E-state index contributed by atoms with van der Waals surface area (Å²) >= 11 is 0. The summed E-state index contributed by atoms with van der Waals surface area (Å²) in [7, 11) is 0. The maximum absolute atomic E-state index is 12.2. The molecular formula is C17H27N5O2. The number of piperazine rings is 1. The van der Waals surface area contributed by atoms with Gasteiger partial charge >= 0.3 is 0 Å². The number of nitrogens with one attached hydrogen (secondary N) is 1. The van der Waals surface area contributed by atoms with E-state index in [4.69, 9.17) is 4.52 Å². The Morgan fingerprint density at radius 1 is 1.42 bits per heavy atom. The molecule has 24 heavy (non-hydrogen) atoms. The Morgan fingerprint density at radius 3 is 2.54 bits per heavy atom. The van der Waals surface area contributed by atoms with Crippen LogP contribution in [0.15, 0.2) is 10.6 Å². The summed E-state index contributed by atoms with van der Waals surface area (Å²) in [5.41, 5.74) is 0.0780. The van der Waals surface area contributed by atoms with Crippen molar-refractivity contribution in [3.05, 3.63) is 17.5 Å². The first-order valence-corrected chi connectivity index (χ1v) is 8.41. The van der Waals surface area contributed by atoms with Gasteiger partial charge in [-0.25, -0.2) is 0 Å². The standard InChI is InChI=1S/C17H27N5O2/c1-13(2)17(4,12-18)19-16(23)11-22-7-5-21(6-8-22)10-15-9-14(3)20-24-15/h9,13H,5-8,10-11H2,1-4H3,(H,19,23)/t17-/m1/s1. The molecule has 2 rings (SSSR count). The minimum Gasteiger partial charge on any atom is -0.360 e. The number of aryl methyl sites for hydroxylation is 1. The topological polar surface area (TPSA) is 85.4 Å². The molecule has 1 amide bonds. The Hall–Kier alpha value is -1.91. The molecule has 0 bridgehead atoms. The van der Waals surface area contributed by atoms with Crippen LogP contribution in [-0.2, 0) is 11.3 Å². The first-order chi connectivity index (χ1) is 11.3. The van der Waals surface area contributed by atoms with Crippen LogP contribution in [0.25, 0.3) is 0 Å². The van der Waals surface area contributed by atoms with Crippen molar-refractivity contribution in [3.63, 3.8) is 0 Å². The molecule has 2 heterocycles. The van der Waals surface area contributed by atoms with Crippen molar-refractivity contribution < 1.29 is 9.32 Å². The molecule has 1 atom stereocenters. The van der Waals surface area contributed by atoms with Gasteiger partial charge in [-0.3, -0.25) is 14.6 Å². The summed E-state index contributed by atoms with van der Waals surface area (Å²) in [6.45, 7) is 12.1. The van der Waals surface area contributed by atoms with Crippen molar-refractivity contribution in [1.82, 2.24) is 20.3 Å². The van der Waals surface area contributed by atoms with Crippen LogP contribution in [0.4, 0.5) is 0 Å². The van der Waals surface area contributed by atoms with Gasteiger partial charge in [0.25, 0.3) is 0 Å². The number of hydrogen-bond acceptors (Lipinski definition) is 6. The first kappa shape index (κ1) is 18.4. The Labute approximate surface area is 143 Å². The highest BCUT2D eigenvalue weighted by molar-refractivity contribution is 5.79. The quantitative estimate of drug-likeness (QED) is 0.841. The highest BCUT2D eigenvalue weighted by Crippen LogP contribution is 2.15. The van der Waals surface area contributed by atoms with E-state index >= 15 is 0 Å². The normalized spacial score (nSPS) is 19.0. The first-order valence-electron chi connectivity index (χ1n) is 8.41. The van der Waals surface area contributed by atoms with Crippen LogP contribution in [0, 0.1) is 24.2 Å². The average molecular weight is 333 g/mol. The van der Waals surface area contributed by atoms with Gasteiger partial charge in [-0.2, -0.15) is 5.26 Å². The molecule has 7 nitrogen and oxygen atoms in total. The molecule has 1 aliphatic rings. The fourth-order valence-corrected chi connectivity index (χ4v) is 2.65. The van der Waals surface area contributed by atoms with Crippen LogP contribution < -0.4 is 5.32 Å². The fraction of sp³-hybridized carbons (Fsp3) is 0.706. The molecule has 132 valence electrons. The highest BCUT2D eigenvalue weighted by Gasteiger charge is 2.30. The zero-order valence-electron chi connectivity index (χ0n) is 15.0. The Bertz CT molecular complexity index is 598. The second-order valence-corrected chi connectivity index (χ2v) is 7.00. The van der Waals surface area contributed by atoms with Crippen molar-refractivity contribution >= 4 is 5.91 Å². The summed E-state index contributed by atoms with van der Waals surface area (Å²) in [4.78, 5) is 16.6. The molecule has 1 aromatic rings. The number of carbonyl (C=O) groups excluding carboxylic acids is 1. The molecule has 1 N–H and O–H groups in total. The second kappa shape index (κ2) is 7.77. The molecule has 1 aliphatic heterocycles. The van der Waals surface area contributed by atoms with Gasteiger partial charge in [0.2, 0.25) is 5.91 Å². The van der Waals surface area contributed by atoms with E-state index in [0.717, 1.165) is 44.2 Å². The minimum absolute atomic E-state index is 0.0636. The number of nitrogens with zero attached hydrogens (tertiary/aromatic N) is 4. The molecule has 0 radical (unpaired) electrons. The lowest BCUT2D eigenvalue weighted by atomic mass is 9.90. The maximum Gasteiger partial charge on any atom is 0.235 e. The molecule has 1 aromatic heterocycles. The van der Waals surface area contributed by atoms with Crippen molar-refractivity contribution in [2.75, 3.05) is 32.7 Å². The molecule has 0 saturated carbocycles. The predicted octanol–water partition coefficient (Wildman–Crippen LogP) is 1.16. The third kappa shape index (κ3) is 4.79. The van der Waals surface area contributed by atoms with Crippen LogP contribution in [0.5, 0.6) is 0 Å². The summed E-state index contributed by atoms with van der Waals surface area (Å²) in [5.74, 6) is 0.848. The van der Waals surface area contributed by atoms with Crippen molar-refractivity contribution in [1.29, 1.82) is 5.26 Å². The number of aromatic nitrogens is 1. The van der Waals surface area contributed by atoms with Gasteiger partial charge in [0.1, 0.15) is 5.54 Å². The lowest BCUT2D eigenvalue weighted by Gasteiger charge is -2.34. The van der Waals surface area contributed by atoms with Gasteiger partial charge in [0.15, 0.2) is 5.76 Å². The smallest absolute Gasteiger partial charge is 0.235 e. The van der Waals surface area contributed by atoms with Gasteiger partial charge in [0, 0.05) is 32.2 Å². The van der Waals surface area contributed by atoms with Crippen LogP contribution in [-0.4, -0.2) is 59.1 Å². The molecular weight excluding hydrogens is 306 g/mol. The number of nitriles is 1. The van der Waals surface area contributed by atoms with Crippen LogP contribution in [0.1, 0.15) is 32.2 Å². The van der Waals surface area contributed by atoms with E-state index in [1.54, 1.807) is 6.92 Å². The second-order valence-electron chi connectivity index (χ2n) is 7.00. The third-order valence-corrected chi connectivity index (χ3v) is 4.67. The highest BCUT2D eigenvalue weighted by atomic mass is 16.5. The SMILES string of the molecule is Cc1cc(CN2CCN(CC(=O)N[C@](C)(C#N)C(C)C)CC2)on1. The van der Waals surface area contributed by atoms with E-state index in [0.29, 0.717) is 6.54 Å². The lowest BCUT2D eigenvalue weighted by Crippen LogP contribution is -2.54. The van der Waals surface area contributed by atoms with Crippen LogP contribution in [0.3, 0.4) is 0 Å². The largest absolute Gasteiger partial charge is 0.360 e. The van der Waals surface area contributed by atoms with E-state index in [-0.39, 0.29) is 11.8 Å². The number of hydrogen-bond donors (Lipinski definition) is 1. The molecule has 0 unspecified atom stereocenters. The number of amides is 1. The Balaban J connectivity index is 1.76. The van der Waals surface area contributed by atoms with E-state index in [2.05, 4.69) is 26.3 Å². The summed E-state index contributed by atoms with van der Waals surface area (Å²) in [6, 6.07) is 4.16. The van der Waals surface area contributed by atoms with Crippen molar-refractivity contribution in [2.24, 2.45) is 5.92 Å².